The molecule has 1 N–H and O–H groups in total. The highest BCUT2D eigenvalue weighted by atomic mass is 15.2. The summed E-state index contributed by atoms with van der Waals surface area (Å²) in [5.41, 5.74) is 2.59. The summed E-state index contributed by atoms with van der Waals surface area (Å²) >= 11 is 0. The van der Waals surface area contributed by atoms with Crippen molar-refractivity contribution in [1.29, 1.82) is 0 Å². The molecule has 0 aromatic carbocycles. The summed E-state index contributed by atoms with van der Waals surface area (Å²) in [5.74, 6) is 0. The van der Waals surface area contributed by atoms with Gasteiger partial charge in [-0.25, -0.2) is 0 Å². The molecule has 0 radical (unpaired) electrons. The molecule has 1 heterocycles. The number of hydrogen-bond acceptors (Lipinski definition) is 4. The van der Waals surface area contributed by atoms with Crippen LogP contribution in [0.2, 0.25) is 0 Å². The van der Waals surface area contributed by atoms with Gasteiger partial charge in [0, 0.05) is 26.2 Å². The second-order valence-electron chi connectivity index (χ2n) is 5.51. The van der Waals surface area contributed by atoms with Gasteiger partial charge in [0.15, 0.2) is 0 Å². The van der Waals surface area contributed by atoms with Gasteiger partial charge in [-0.2, -0.15) is 0 Å². The Morgan fingerprint density at radius 3 is 2.50 bits per heavy atom. The van der Waals surface area contributed by atoms with E-state index in [4.69, 9.17) is 0 Å². The highest BCUT2D eigenvalue weighted by molar-refractivity contribution is 5.55. The minimum atomic E-state index is 0.352. The Morgan fingerprint density at radius 2 is 2.00 bits per heavy atom. The van der Waals surface area contributed by atoms with Gasteiger partial charge in [0.25, 0.3) is 0 Å². The standard InChI is InChI=1S/C14H24N4/c1-15-12-8-13(10-16-9-12)18(4)11-14(17(2)3)6-5-7-14/h8-10,15H,5-7,11H2,1-4H3. The first-order chi connectivity index (χ1) is 8.57. The van der Waals surface area contributed by atoms with Crippen molar-refractivity contribution in [3.63, 3.8) is 0 Å². The number of pyridine rings is 1. The van der Waals surface area contributed by atoms with E-state index in [1.54, 1.807) is 0 Å². The van der Waals surface area contributed by atoms with Gasteiger partial charge in [-0.05, 0) is 39.4 Å². The van der Waals surface area contributed by atoms with Gasteiger partial charge in [-0.3, -0.25) is 4.98 Å². The monoisotopic (exact) mass is 248 g/mol. The smallest absolute Gasteiger partial charge is 0.0571 e. The first kappa shape index (κ1) is 13.1. The predicted molar refractivity (Wildman–Crippen MR) is 77.3 cm³/mol. The van der Waals surface area contributed by atoms with E-state index >= 15 is 0 Å². The predicted octanol–water partition coefficient (Wildman–Crippen LogP) is 2.04. The largest absolute Gasteiger partial charge is 0.387 e. The summed E-state index contributed by atoms with van der Waals surface area (Å²) in [5, 5.41) is 3.14. The maximum absolute atomic E-state index is 4.28. The molecule has 1 aromatic rings. The molecule has 0 atom stereocenters. The Bertz CT molecular complexity index is 399. The summed E-state index contributed by atoms with van der Waals surface area (Å²) in [6.45, 7) is 1.06. The number of anilines is 2. The van der Waals surface area contributed by atoms with Gasteiger partial charge in [-0.15, -0.1) is 0 Å². The minimum absolute atomic E-state index is 0.352. The molecule has 18 heavy (non-hydrogen) atoms. The van der Waals surface area contributed by atoms with E-state index in [0.29, 0.717) is 5.54 Å². The van der Waals surface area contributed by atoms with Crippen LogP contribution in [0.4, 0.5) is 11.4 Å². The Kier molecular flexibility index (Phi) is 3.76. The summed E-state index contributed by atoms with van der Waals surface area (Å²) in [6, 6.07) is 2.15. The maximum atomic E-state index is 4.28. The Balaban J connectivity index is 2.09. The molecule has 0 bridgehead atoms. The van der Waals surface area contributed by atoms with Crippen molar-refractivity contribution in [3.05, 3.63) is 18.5 Å². The highest BCUT2D eigenvalue weighted by Crippen LogP contribution is 2.37. The van der Waals surface area contributed by atoms with Gasteiger partial charge < -0.3 is 15.1 Å². The number of nitrogens with one attached hydrogen (secondary N) is 1. The van der Waals surface area contributed by atoms with E-state index in [-0.39, 0.29) is 0 Å². The lowest BCUT2D eigenvalue weighted by Gasteiger charge is -2.49. The van der Waals surface area contributed by atoms with Crippen molar-refractivity contribution < 1.29 is 0 Å². The van der Waals surface area contributed by atoms with Crippen LogP contribution in [0.3, 0.4) is 0 Å². The van der Waals surface area contributed by atoms with E-state index in [9.17, 15) is 0 Å². The summed E-state index contributed by atoms with van der Waals surface area (Å²) in [6.07, 6.45) is 7.72. The van der Waals surface area contributed by atoms with Crippen molar-refractivity contribution in [3.8, 4) is 0 Å². The van der Waals surface area contributed by atoms with Crippen LogP contribution >= 0.6 is 0 Å². The second kappa shape index (κ2) is 5.14. The maximum Gasteiger partial charge on any atom is 0.0571 e. The molecule has 4 heteroatoms. The van der Waals surface area contributed by atoms with Crippen LogP contribution < -0.4 is 10.2 Å². The zero-order valence-electron chi connectivity index (χ0n) is 11.9. The van der Waals surface area contributed by atoms with Crippen molar-refractivity contribution in [1.82, 2.24) is 9.88 Å². The van der Waals surface area contributed by atoms with Crippen molar-refractivity contribution >= 4 is 11.4 Å². The van der Waals surface area contributed by atoms with E-state index in [0.717, 1.165) is 12.2 Å². The third-order valence-electron chi connectivity index (χ3n) is 4.22. The molecule has 4 nitrogen and oxygen atoms in total. The quantitative estimate of drug-likeness (QED) is 0.864. The second-order valence-corrected chi connectivity index (χ2v) is 5.51. The molecule has 1 aromatic heterocycles. The molecule has 1 fully saturated rings. The average molecular weight is 248 g/mol. The lowest BCUT2D eigenvalue weighted by molar-refractivity contribution is 0.0683. The zero-order chi connectivity index (χ0) is 13.2. The van der Waals surface area contributed by atoms with Crippen LogP contribution in [0.1, 0.15) is 19.3 Å². The van der Waals surface area contributed by atoms with Crippen LogP contribution in [0, 0.1) is 0 Å². The van der Waals surface area contributed by atoms with Gasteiger partial charge in [0.05, 0.1) is 23.8 Å². The number of hydrogen-bond donors (Lipinski definition) is 1. The lowest BCUT2D eigenvalue weighted by atomic mass is 9.75. The van der Waals surface area contributed by atoms with Crippen molar-refractivity contribution in [2.24, 2.45) is 0 Å². The molecule has 100 valence electrons. The number of aromatic nitrogens is 1. The number of rotatable bonds is 5. The minimum Gasteiger partial charge on any atom is -0.387 e. The zero-order valence-corrected chi connectivity index (χ0v) is 11.9. The SMILES string of the molecule is CNc1cncc(N(C)CC2(N(C)C)CCC2)c1. The van der Waals surface area contributed by atoms with Crippen LogP contribution in [0.5, 0.6) is 0 Å². The first-order valence-corrected chi connectivity index (χ1v) is 6.59. The Hall–Kier alpha value is -1.29. The van der Waals surface area contributed by atoms with Gasteiger partial charge in [-0.1, -0.05) is 0 Å². The summed E-state index contributed by atoms with van der Waals surface area (Å²) < 4.78 is 0. The molecule has 0 unspecified atom stereocenters. The molecule has 0 aliphatic heterocycles. The van der Waals surface area contributed by atoms with Gasteiger partial charge >= 0.3 is 0 Å². The molecule has 0 spiro atoms. The number of likely N-dealkylation sites (N-methyl/N-ethyl adjacent to an activating group) is 2. The fourth-order valence-electron chi connectivity index (χ4n) is 2.64. The Labute approximate surface area is 110 Å². The van der Waals surface area contributed by atoms with E-state index in [2.05, 4.69) is 47.3 Å². The fourth-order valence-corrected chi connectivity index (χ4v) is 2.64. The molecular formula is C14H24N4. The Morgan fingerprint density at radius 1 is 1.28 bits per heavy atom. The van der Waals surface area contributed by atoms with E-state index in [1.165, 1.54) is 24.9 Å². The highest BCUT2D eigenvalue weighted by Gasteiger charge is 2.39. The number of nitrogens with zero attached hydrogens (tertiary/aromatic N) is 3. The topological polar surface area (TPSA) is 31.4 Å². The van der Waals surface area contributed by atoms with E-state index < -0.39 is 0 Å². The normalized spacial score (nSPS) is 17.4. The first-order valence-electron chi connectivity index (χ1n) is 6.59. The van der Waals surface area contributed by atoms with Crippen LogP contribution in [-0.4, -0.2) is 50.2 Å². The van der Waals surface area contributed by atoms with Gasteiger partial charge in [0.1, 0.15) is 0 Å². The summed E-state index contributed by atoms with van der Waals surface area (Å²) in [4.78, 5) is 8.97. The third kappa shape index (κ3) is 2.43. The van der Waals surface area contributed by atoms with Crippen LogP contribution in [-0.2, 0) is 0 Å². The average Bonchev–Trinajstić information content (AvgIpc) is 2.33. The van der Waals surface area contributed by atoms with Gasteiger partial charge in [0.2, 0.25) is 0 Å². The molecular weight excluding hydrogens is 224 g/mol. The third-order valence-corrected chi connectivity index (χ3v) is 4.22. The lowest BCUT2D eigenvalue weighted by Crippen LogP contribution is -2.56. The van der Waals surface area contributed by atoms with Crippen LogP contribution in [0.25, 0.3) is 0 Å². The molecule has 2 rings (SSSR count). The molecule has 1 aliphatic rings. The van der Waals surface area contributed by atoms with Crippen LogP contribution in [0.15, 0.2) is 18.5 Å². The molecule has 1 aliphatic carbocycles. The molecule has 0 amide bonds. The molecule has 1 saturated carbocycles. The van der Waals surface area contributed by atoms with Crippen molar-refractivity contribution in [2.75, 3.05) is 45.0 Å². The summed E-state index contributed by atoms with van der Waals surface area (Å²) in [7, 11) is 8.46. The fraction of sp³-hybridized carbons (Fsp3) is 0.643. The van der Waals surface area contributed by atoms with Crippen molar-refractivity contribution in [2.45, 2.75) is 24.8 Å². The molecule has 0 saturated heterocycles. The van der Waals surface area contributed by atoms with E-state index in [1.807, 2.05) is 19.4 Å².